The fourth-order valence-corrected chi connectivity index (χ4v) is 6.35. The van der Waals surface area contributed by atoms with Crippen molar-refractivity contribution in [3.05, 3.63) is 36.0 Å². The number of aromatic nitrogens is 1. The molecule has 0 unspecified atom stereocenters. The maximum absolute atomic E-state index is 14.2. The van der Waals surface area contributed by atoms with Crippen LogP contribution in [0.2, 0.25) is 0 Å². The average Bonchev–Trinajstić information content (AvgIpc) is 3.55. The lowest BCUT2D eigenvalue weighted by Gasteiger charge is -2.29. The van der Waals surface area contributed by atoms with Gasteiger partial charge in [0.15, 0.2) is 0 Å². The first-order chi connectivity index (χ1) is 27.2. The number of hydrogen-bond donors (Lipinski definition) is 10. The van der Waals surface area contributed by atoms with E-state index < -0.39 is 89.5 Å². The predicted molar refractivity (Wildman–Crippen MR) is 217 cm³/mol. The van der Waals surface area contributed by atoms with Gasteiger partial charge < -0.3 is 53.5 Å². The van der Waals surface area contributed by atoms with Gasteiger partial charge in [-0.25, -0.2) is 4.79 Å². The van der Waals surface area contributed by atoms with E-state index in [9.17, 15) is 43.5 Å². The third-order valence-corrected chi connectivity index (χ3v) is 9.50. The second-order valence-electron chi connectivity index (χ2n) is 15.7. The number of carbonyl (C=O) groups is 8. The summed E-state index contributed by atoms with van der Waals surface area (Å²) in [6.07, 6.45) is 2.34. The Morgan fingerprint density at radius 1 is 0.672 bits per heavy atom. The number of carboxylic acids is 1. The molecule has 12 N–H and O–H groups in total. The Kier molecular flexibility index (Phi) is 19.8. The number of aromatic amines is 1. The summed E-state index contributed by atoms with van der Waals surface area (Å²) < 4.78 is 0. The Labute approximate surface area is 339 Å². The summed E-state index contributed by atoms with van der Waals surface area (Å²) in [7, 11) is 0. The normalized spacial score (nSPS) is 14.5. The SMILES string of the molecule is CC(=O)N[C@H](C(=O)N[C@@H](CC(C)C)C(=O)N[C@@H](CCC(N)=O)C(=O)N[C@@H](Cc1c[nH]c2ccccc12)C(=O)N[C@H](C(=O)N[C@@H](CCCCN)C(=O)O)C(C)C)C(C)C. The lowest BCUT2D eigenvalue weighted by Crippen LogP contribution is -2.60. The van der Waals surface area contributed by atoms with E-state index in [-0.39, 0.29) is 43.9 Å². The molecule has 58 heavy (non-hydrogen) atoms. The molecule has 7 amide bonds. The van der Waals surface area contributed by atoms with Crippen LogP contribution in [0, 0.1) is 17.8 Å². The standard InChI is InChI=1S/C40H63N9O9/c1-21(2)18-30(48-38(55)33(22(3)4)44-24(7)50)36(53)45-28(15-16-32(42)51)35(52)47-31(19-25-20-43-27-13-9-8-12-26(25)27)37(54)49-34(23(5)6)39(56)46-29(40(57)58)14-10-11-17-41/h8-9,12-13,20-23,28-31,33-34,43H,10-11,14-19,41H2,1-7H3,(H2,42,51)(H,44,50)(H,45,53)(H,46,56)(H,47,52)(H,48,55)(H,49,54)(H,57,58)/t28-,29-,30-,31-,33-,34-/m0/s1. The molecule has 0 aliphatic rings. The third-order valence-electron chi connectivity index (χ3n) is 9.50. The Hall–Kier alpha value is -5.52. The maximum Gasteiger partial charge on any atom is 0.326 e. The second kappa shape index (κ2) is 23.6. The number of carbonyl (C=O) groups excluding carboxylic acids is 7. The van der Waals surface area contributed by atoms with Crippen molar-refractivity contribution in [1.29, 1.82) is 0 Å². The topological polar surface area (TPSA) is 297 Å². The minimum atomic E-state index is -1.41. The number of nitrogens with two attached hydrogens (primary N) is 2. The number of amides is 7. The molecule has 0 saturated heterocycles. The van der Waals surface area contributed by atoms with Gasteiger partial charge >= 0.3 is 5.97 Å². The zero-order valence-corrected chi connectivity index (χ0v) is 34.6. The van der Waals surface area contributed by atoms with E-state index in [1.165, 1.54) is 6.92 Å². The van der Waals surface area contributed by atoms with Crippen LogP contribution >= 0.6 is 0 Å². The number of unbranched alkanes of at least 4 members (excludes halogenated alkanes) is 1. The van der Waals surface area contributed by atoms with Gasteiger partial charge in [0.25, 0.3) is 0 Å². The molecule has 2 aromatic rings. The van der Waals surface area contributed by atoms with Crippen molar-refractivity contribution in [1.82, 2.24) is 36.9 Å². The van der Waals surface area contributed by atoms with Crippen LogP contribution in [0.5, 0.6) is 0 Å². The smallest absolute Gasteiger partial charge is 0.326 e. The predicted octanol–water partition coefficient (Wildman–Crippen LogP) is 0.476. The van der Waals surface area contributed by atoms with Crippen LogP contribution in [0.25, 0.3) is 10.9 Å². The number of primary amides is 1. The molecule has 18 heteroatoms. The number of H-pyrrole nitrogens is 1. The number of hydrogen-bond acceptors (Lipinski definition) is 9. The van der Waals surface area contributed by atoms with E-state index in [2.05, 4.69) is 36.9 Å². The first-order valence-electron chi connectivity index (χ1n) is 19.8. The highest BCUT2D eigenvalue weighted by Crippen LogP contribution is 2.20. The van der Waals surface area contributed by atoms with E-state index >= 15 is 0 Å². The lowest BCUT2D eigenvalue weighted by molar-refractivity contribution is -0.143. The summed E-state index contributed by atoms with van der Waals surface area (Å²) >= 11 is 0. The molecular weight excluding hydrogens is 750 g/mol. The molecular formula is C40H63N9O9. The molecule has 1 aromatic carbocycles. The highest BCUT2D eigenvalue weighted by molar-refractivity contribution is 5.97. The minimum absolute atomic E-state index is 0.0763. The number of carboxylic acid groups (broad SMARTS) is 1. The van der Waals surface area contributed by atoms with Crippen molar-refractivity contribution in [2.45, 2.75) is 130 Å². The first kappa shape index (κ1) is 48.6. The number of para-hydroxylation sites is 1. The second-order valence-corrected chi connectivity index (χ2v) is 15.7. The Morgan fingerprint density at radius 2 is 1.21 bits per heavy atom. The summed E-state index contributed by atoms with van der Waals surface area (Å²) in [6, 6.07) is 0.0217. The molecule has 1 aromatic heterocycles. The highest BCUT2D eigenvalue weighted by Gasteiger charge is 2.35. The Morgan fingerprint density at radius 3 is 1.76 bits per heavy atom. The van der Waals surface area contributed by atoms with Crippen molar-refractivity contribution >= 4 is 58.2 Å². The van der Waals surface area contributed by atoms with Crippen LogP contribution in [0.4, 0.5) is 0 Å². The fourth-order valence-electron chi connectivity index (χ4n) is 6.35. The van der Waals surface area contributed by atoms with Gasteiger partial charge in [-0.1, -0.05) is 59.7 Å². The van der Waals surface area contributed by atoms with Crippen LogP contribution in [0.1, 0.15) is 92.6 Å². The van der Waals surface area contributed by atoms with E-state index in [1.54, 1.807) is 40.0 Å². The molecule has 0 aliphatic heterocycles. The van der Waals surface area contributed by atoms with Crippen LogP contribution in [-0.4, -0.2) is 100 Å². The molecule has 0 radical (unpaired) electrons. The van der Waals surface area contributed by atoms with E-state index in [4.69, 9.17) is 11.5 Å². The van der Waals surface area contributed by atoms with E-state index in [0.717, 1.165) is 10.9 Å². The zero-order chi connectivity index (χ0) is 43.7. The zero-order valence-electron chi connectivity index (χ0n) is 34.6. The molecule has 0 spiro atoms. The number of aliphatic carboxylic acids is 1. The van der Waals surface area contributed by atoms with Crippen LogP contribution in [0.15, 0.2) is 30.5 Å². The summed E-state index contributed by atoms with van der Waals surface area (Å²) in [4.78, 5) is 108. The average molecular weight is 814 g/mol. The van der Waals surface area contributed by atoms with Gasteiger partial charge in [-0.2, -0.15) is 0 Å². The summed E-state index contributed by atoms with van der Waals surface area (Å²) in [5.74, 6) is -7.06. The van der Waals surface area contributed by atoms with Gasteiger partial charge in [-0.05, 0) is 68.0 Å². The molecule has 6 atom stereocenters. The largest absolute Gasteiger partial charge is 0.480 e. The molecule has 0 fully saturated rings. The van der Waals surface area contributed by atoms with Crippen LogP contribution < -0.4 is 43.4 Å². The quantitative estimate of drug-likeness (QED) is 0.0619. The molecule has 322 valence electrons. The summed E-state index contributed by atoms with van der Waals surface area (Å²) in [5.41, 5.74) is 12.4. The van der Waals surface area contributed by atoms with Crippen molar-refractivity contribution in [2.75, 3.05) is 6.54 Å². The highest BCUT2D eigenvalue weighted by atomic mass is 16.4. The van der Waals surface area contributed by atoms with Crippen molar-refractivity contribution < 1.29 is 43.5 Å². The monoisotopic (exact) mass is 813 g/mol. The van der Waals surface area contributed by atoms with Gasteiger partial charge in [0.2, 0.25) is 41.4 Å². The molecule has 2 rings (SSSR count). The summed E-state index contributed by atoms with van der Waals surface area (Å²) in [5, 5.41) is 26.3. The van der Waals surface area contributed by atoms with Gasteiger partial charge in [0.05, 0.1) is 0 Å². The molecule has 0 aliphatic carbocycles. The van der Waals surface area contributed by atoms with Crippen molar-refractivity contribution in [2.24, 2.45) is 29.2 Å². The van der Waals surface area contributed by atoms with Gasteiger partial charge in [-0.15, -0.1) is 0 Å². The lowest BCUT2D eigenvalue weighted by atomic mass is 9.98. The molecule has 0 bridgehead atoms. The Balaban J connectivity index is 2.47. The fraction of sp³-hybridized carbons (Fsp3) is 0.600. The van der Waals surface area contributed by atoms with Gasteiger partial charge in [0, 0.05) is 36.9 Å². The van der Waals surface area contributed by atoms with E-state index in [1.807, 2.05) is 32.0 Å². The number of nitrogens with one attached hydrogen (secondary N) is 7. The maximum atomic E-state index is 14.2. The van der Waals surface area contributed by atoms with Gasteiger partial charge in [0.1, 0.15) is 36.3 Å². The number of rotatable bonds is 25. The van der Waals surface area contributed by atoms with Gasteiger partial charge in [-0.3, -0.25) is 33.6 Å². The molecule has 0 saturated carbocycles. The van der Waals surface area contributed by atoms with Crippen LogP contribution in [0.3, 0.4) is 0 Å². The van der Waals surface area contributed by atoms with Crippen molar-refractivity contribution in [3.63, 3.8) is 0 Å². The summed E-state index contributed by atoms with van der Waals surface area (Å²) in [6.45, 7) is 12.1. The van der Waals surface area contributed by atoms with Crippen LogP contribution in [-0.2, 0) is 44.8 Å². The molecule has 18 nitrogen and oxygen atoms in total. The van der Waals surface area contributed by atoms with E-state index in [0.29, 0.717) is 24.9 Å². The van der Waals surface area contributed by atoms with Crippen molar-refractivity contribution in [3.8, 4) is 0 Å². The molecule has 1 heterocycles. The number of benzene rings is 1. The first-order valence-corrected chi connectivity index (χ1v) is 19.8. The number of fused-ring (bicyclic) bond motifs is 1. The Bertz CT molecular complexity index is 1740. The third kappa shape index (κ3) is 15.8. The minimum Gasteiger partial charge on any atom is -0.480 e.